The van der Waals surface area contributed by atoms with Crippen LogP contribution >= 0.6 is 11.6 Å². The number of hydrogen-bond acceptors (Lipinski definition) is 4. The van der Waals surface area contributed by atoms with Crippen molar-refractivity contribution in [2.24, 2.45) is 5.10 Å². The summed E-state index contributed by atoms with van der Waals surface area (Å²) >= 11 is 5.80. The number of benzene rings is 2. The molecule has 0 bridgehead atoms. The number of carbonyl (C=O) groups excluding carboxylic acids is 2. The van der Waals surface area contributed by atoms with Gasteiger partial charge in [0, 0.05) is 23.7 Å². The molecule has 3 rings (SSSR count). The van der Waals surface area contributed by atoms with E-state index in [0.29, 0.717) is 22.9 Å². The number of ether oxygens (including phenoxy) is 1. The van der Waals surface area contributed by atoms with Gasteiger partial charge in [-0.05, 0) is 55.3 Å². The van der Waals surface area contributed by atoms with E-state index in [1.807, 2.05) is 24.3 Å². The van der Waals surface area contributed by atoms with E-state index in [-0.39, 0.29) is 18.4 Å². The molecule has 140 valence electrons. The summed E-state index contributed by atoms with van der Waals surface area (Å²) in [6.07, 6.45) is 1.46. The second-order valence-corrected chi connectivity index (χ2v) is 6.61. The normalized spacial score (nSPS) is 14.4. The molecule has 1 saturated heterocycles. The van der Waals surface area contributed by atoms with Gasteiger partial charge in [-0.15, -0.1) is 0 Å². The molecule has 1 heterocycles. The van der Waals surface area contributed by atoms with E-state index in [1.54, 1.807) is 36.1 Å². The lowest BCUT2D eigenvalue weighted by Crippen LogP contribution is -2.26. The molecule has 0 spiro atoms. The van der Waals surface area contributed by atoms with Gasteiger partial charge in [0.1, 0.15) is 5.75 Å². The summed E-state index contributed by atoms with van der Waals surface area (Å²) in [5, 5.41) is 4.72. The summed E-state index contributed by atoms with van der Waals surface area (Å²) in [5.41, 5.74) is 4.81. The summed E-state index contributed by atoms with van der Waals surface area (Å²) < 4.78 is 5.38. The van der Waals surface area contributed by atoms with Crippen LogP contribution in [0.2, 0.25) is 5.02 Å². The Balaban J connectivity index is 1.57. The van der Waals surface area contributed by atoms with Crippen molar-refractivity contribution in [2.75, 3.05) is 18.1 Å². The number of hydrazone groups is 1. The monoisotopic (exact) mass is 385 g/mol. The van der Waals surface area contributed by atoms with Crippen LogP contribution in [0.4, 0.5) is 5.69 Å². The van der Waals surface area contributed by atoms with E-state index in [2.05, 4.69) is 10.5 Å². The van der Waals surface area contributed by atoms with Crippen molar-refractivity contribution in [3.8, 4) is 5.75 Å². The van der Waals surface area contributed by atoms with Gasteiger partial charge < -0.3 is 9.64 Å². The van der Waals surface area contributed by atoms with Crippen molar-refractivity contribution in [3.63, 3.8) is 0 Å². The summed E-state index contributed by atoms with van der Waals surface area (Å²) in [5.74, 6) is 0.322. The Morgan fingerprint density at radius 1 is 1.26 bits per heavy atom. The van der Waals surface area contributed by atoms with Crippen LogP contribution < -0.4 is 15.1 Å². The maximum Gasteiger partial charge on any atom is 0.277 e. The zero-order valence-electron chi connectivity index (χ0n) is 14.9. The second kappa shape index (κ2) is 8.68. The molecule has 2 aromatic carbocycles. The molecule has 1 fully saturated rings. The van der Waals surface area contributed by atoms with Crippen LogP contribution in [-0.4, -0.2) is 30.7 Å². The highest BCUT2D eigenvalue weighted by Gasteiger charge is 2.21. The van der Waals surface area contributed by atoms with Crippen LogP contribution in [0.3, 0.4) is 0 Å². The zero-order valence-corrected chi connectivity index (χ0v) is 15.7. The van der Waals surface area contributed by atoms with Crippen LogP contribution in [0.1, 0.15) is 25.3 Å². The third-order valence-electron chi connectivity index (χ3n) is 4.18. The van der Waals surface area contributed by atoms with Crippen LogP contribution in [0.5, 0.6) is 5.75 Å². The van der Waals surface area contributed by atoms with E-state index in [1.165, 1.54) is 0 Å². The van der Waals surface area contributed by atoms with Gasteiger partial charge in [-0.3, -0.25) is 9.59 Å². The van der Waals surface area contributed by atoms with Crippen LogP contribution in [0, 0.1) is 0 Å². The molecule has 2 amide bonds. The Labute approximate surface area is 162 Å². The molecule has 6 nitrogen and oxygen atoms in total. The standard InChI is InChI=1S/C20H20ClN3O3/c1-14(15-4-2-5-17(12-15)24-11-3-6-20(24)26)22-23-19(25)13-27-18-9-7-16(21)8-10-18/h2,4-5,7-10,12H,3,6,11,13H2,1H3,(H,23,25)/b22-14-. The summed E-state index contributed by atoms with van der Waals surface area (Å²) in [6.45, 7) is 2.38. The molecule has 27 heavy (non-hydrogen) atoms. The quantitative estimate of drug-likeness (QED) is 0.612. The third kappa shape index (κ3) is 5.08. The van der Waals surface area contributed by atoms with E-state index in [4.69, 9.17) is 16.3 Å². The van der Waals surface area contributed by atoms with Crippen LogP contribution in [0.25, 0.3) is 0 Å². The molecule has 2 aromatic rings. The third-order valence-corrected chi connectivity index (χ3v) is 4.43. The number of hydrogen-bond donors (Lipinski definition) is 1. The zero-order chi connectivity index (χ0) is 19.2. The first kappa shape index (κ1) is 18.9. The lowest BCUT2D eigenvalue weighted by molar-refractivity contribution is -0.123. The van der Waals surface area contributed by atoms with E-state index in [0.717, 1.165) is 24.2 Å². The van der Waals surface area contributed by atoms with E-state index < -0.39 is 0 Å². The Hall–Kier alpha value is -2.86. The number of rotatable bonds is 6. The minimum atomic E-state index is -0.366. The van der Waals surface area contributed by atoms with Crippen molar-refractivity contribution in [1.82, 2.24) is 5.43 Å². The van der Waals surface area contributed by atoms with Gasteiger partial charge >= 0.3 is 0 Å². The molecule has 1 aliphatic heterocycles. The van der Waals surface area contributed by atoms with Gasteiger partial charge in [0.05, 0.1) is 5.71 Å². The second-order valence-electron chi connectivity index (χ2n) is 6.17. The number of halogens is 1. The molecule has 7 heteroatoms. The van der Waals surface area contributed by atoms with Crippen molar-refractivity contribution in [1.29, 1.82) is 0 Å². The average Bonchev–Trinajstić information content (AvgIpc) is 3.11. The molecule has 0 unspecified atom stereocenters. The highest BCUT2D eigenvalue weighted by Crippen LogP contribution is 2.22. The van der Waals surface area contributed by atoms with Crippen molar-refractivity contribution in [3.05, 3.63) is 59.1 Å². The van der Waals surface area contributed by atoms with Gasteiger partial charge in [-0.25, -0.2) is 5.43 Å². The number of nitrogens with zero attached hydrogens (tertiary/aromatic N) is 2. The Morgan fingerprint density at radius 2 is 2.04 bits per heavy atom. The number of amides is 2. The first-order chi connectivity index (χ1) is 13.0. The van der Waals surface area contributed by atoms with Crippen molar-refractivity contribution < 1.29 is 14.3 Å². The maximum atomic E-state index is 11.9. The topological polar surface area (TPSA) is 71.0 Å². The SMILES string of the molecule is C/C(=N/NC(=O)COc1ccc(Cl)cc1)c1cccc(N2CCCC2=O)c1. The minimum Gasteiger partial charge on any atom is -0.484 e. The highest BCUT2D eigenvalue weighted by molar-refractivity contribution is 6.30. The molecule has 0 aromatic heterocycles. The largest absolute Gasteiger partial charge is 0.484 e. The Bertz CT molecular complexity index is 865. The first-order valence-electron chi connectivity index (χ1n) is 8.65. The van der Waals surface area contributed by atoms with Gasteiger partial charge in [0.25, 0.3) is 5.91 Å². The molecule has 0 saturated carbocycles. The lowest BCUT2D eigenvalue weighted by Gasteiger charge is -2.16. The Kier molecular flexibility index (Phi) is 6.08. The number of nitrogens with one attached hydrogen (secondary N) is 1. The van der Waals surface area contributed by atoms with Gasteiger partial charge in [0.2, 0.25) is 5.91 Å². The van der Waals surface area contributed by atoms with Crippen molar-refractivity contribution in [2.45, 2.75) is 19.8 Å². The first-order valence-corrected chi connectivity index (χ1v) is 9.03. The molecular formula is C20H20ClN3O3. The number of anilines is 1. The summed E-state index contributed by atoms with van der Waals surface area (Å²) in [7, 11) is 0. The Morgan fingerprint density at radius 3 is 2.74 bits per heavy atom. The fourth-order valence-corrected chi connectivity index (χ4v) is 2.87. The summed E-state index contributed by atoms with van der Waals surface area (Å²) in [6, 6.07) is 14.3. The molecule has 1 aliphatic rings. The minimum absolute atomic E-state index is 0.134. The molecule has 0 atom stereocenters. The van der Waals surface area contributed by atoms with Gasteiger partial charge in [0.15, 0.2) is 6.61 Å². The molecular weight excluding hydrogens is 366 g/mol. The van der Waals surface area contributed by atoms with Gasteiger partial charge in [-0.1, -0.05) is 23.7 Å². The summed E-state index contributed by atoms with van der Waals surface area (Å²) in [4.78, 5) is 25.6. The maximum absolute atomic E-state index is 11.9. The predicted molar refractivity (Wildman–Crippen MR) is 105 cm³/mol. The van der Waals surface area contributed by atoms with E-state index >= 15 is 0 Å². The average molecular weight is 386 g/mol. The van der Waals surface area contributed by atoms with Crippen molar-refractivity contribution >= 4 is 34.8 Å². The highest BCUT2D eigenvalue weighted by atomic mass is 35.5. The van der Waals surface area contributed by atoms with Gasteiger partial charge in [-0.2, -0.15) is 5.10 Å². The smallest absolute Gasteiger partial charge is 0.277 e. The predicted octanol–water partition coefficient (Wildman–Crippen LogP) is 3.39. The molecule has 0 aliphatic carbocycles. The fourth-order valence-electron chi connectivity index (χ4n) is 2.74. The van der Waals surface area contributed by atoms with Crippen LogP contribution in [0.15, 0.2) is 53.6 Å². The number of carbonyl (C=O) groups is 2. The lowest BCUT2D eigenvalue weighted by atomic mass is 10.1. The van der Waals surface area contributed by atoms with E-state index in [9.17, 15) is 9.59 Å². The molecule has 0 radical (unpaired) electrons. The van der Waals surface area contributed by atoms with Crippen LogP contribution in [-0.2, 0) is 9.59 Å². The molecule has 1 N–H and O–H groups in total. The fraction of sp³-hybridized carbons (Fsp3) is 0.250.